The Labute approximate surface area is 226 Å². The van der Waals surface area contributed by atoms with E-state index in [0.717, 1.165) is 61.1 Å². The van der Waals surface area contributed by atoms with Gasteiger partial charge in [0.15, 0.2) is 0 Å². The highest BCUT2D eigenvalue weighted by Gasteiger charge is 2.31. The van der Waals surface area contributed by atoms with Crippen LogP contribution < -0.4 is 9.64 Å². The summed E-state index contributed by atoms with van der Waals surface area (Å²) in [5.41, 5.74) is 8.28. The molecule has 4 aromatic rings. The summed E-state index contributed by atoms with van der Waals surface area (Å²) in [4.78, 5) is 12.9. The zero-order valence-electron chi connectivity index (χ0n) is 22.6. The predicted octanol–water partition coefficient (Wildman–Crippen LogP) is 7.19. The third-order valence-corrected chi connectivity index (χ3v) is 8.45. The average molecular weight is 507 g/mol. The smallest absolute Gasteiger partial charge is 0.124 e. The third kappa shape index (κ3) is 5.02. The Morgan fingerprint density at radius 3 is 2.66 bits per heavy atom. The lowest BCUT2D eigenvalue weighted by molar-refractivity contribution is 0.254. The molecular formula is C33H38N4O. The van der Waals surface area contributed by atoms with Gasteiger partial charge in [-0.3, -0.25) is 0 Å². The van der Waals surface area contributed by atoms with Gasteiger partial charge in [-0.25, -0.2) is 4.98 Å². The second-order valence-corrected chi connectivity index (χ2v) is 10.9. The van der Waals surface area contributed by atoms with E-state index in [4.69, 9.17) is 4.74 Å². The molecule has 2 aliphatic rings. The molecule has 1 aromatic heterocycles. The highest BCUT2D eigenvalue weighted by atomic mass is 16.5. The normalized spacial score (nSPS) is 19.3. The average Bonchev–Trinajstić information content (AvgIpc) is 3.46. The van der Waals surface area contributed by atoms with Crippen molar-refractivity contribution in [1.29, 1.82) is 0 Å². The van der Waals surface area contributed by atoms with Crippen molar-refractivity contribution in [2.24, 2.45) is 11.8 Å². The number of allylic oxidation sites excluding steroid dienone is 1. The molecule has 196 valence electrons. The molecule has 0 amide bonds. The number of imidazole rings is 1. The van der Waals surface area contributed by atoms with Gasteiger partial charge in [0, 0.05) is 36.6 Å². The number of aryl methyl sites for hydroxylation is 1. The van der Waals surface area contributed by atoms with Crippen LogP contribution in [0.25, 0.3) is 22.2 Å². The maximum absolute atomic E-state index is 6.16. The van der Waals surface area contributed by atoms with E-state index in [1.807, 2.05) is 6.92 Å². The van der Waals surface area contributed by atoms with Crippen molar-refractivity contribution >= 4 is 16.7 Å². The second kappa shape index (κ2) is 10.6. The van der Waals surface area contributed by atoms with E-state index in [1.54, 1.807) is 0 Å². The number of para-hydroxylation sites is 1. The molecule has 0 saturated carbocycles. The van der Waals surface area contributed by atoms with Crippen molar-refractivity contribution in [1.82, 2.24) is 14.9 Å². The third-order valence-electron chi connectivity index (χ3n) is 8.45. The van der Waals surface area contributed by atoms with Crippen molar-refractivity contribution < 1.29 is 4.74 Å². The molecule has 2 atom stereocenters. The number of nitrogens with one attached hydrogen (secondary N) is 1. The minimum Gasteiger partial charge on any atom is -0.491 e. The minimum absolute atomic E-state index is 0.688. The van der Waals surface area contributed by atoms with Crippen LogP contribution >= 0.6 is 0 Å². The van der Waals surface area contributed by atoms with Crippen LogP contribution in [-0.2, 0) is 6.54 Å². The number of ether oxygens (including phenoxy) is 1. The van der Waals surface area contributed by atoms with Crippen LogP contribution in [0.1, 0.15) is 37.6 Å². The molecule has 0 spiro atoms. The lowest BCUT2D eigenvalue weighted by atomic mass is 9.89. The molecule has 0 bridgehead atoms. The van der Waals surface area contributed by atoms with Crippen molar-refractivity contribution in [2.75, 3.05) is 31.1 Å². The van der Waals surface area contributed by atoms with Crippen LogP contribution in [0, 0.1) is 18.8 Å². The van der Waals surface area contributed by atoms with Crippen LogP contribution in [0.2, 0.25) is 0 Å². The van der Waals surface area contributed by atoms with Gasteiger partial charge in [-0.05, 0) is 79.1 Å². The van der Waals surface area contributed by atoms with Crippen LogP contribution in [0.4, 0.5) is 5.69 Å². The lowest BCUT2D eigenvalue weighted by Crippen LogP contribution is -2.25. The molecule has 1 N–H and O–H groups in total. The fourth-order valence-electron chi connectivity index (χ4n) is 6.25. The summed E-state index contributed by atoms with van der Waals surface area (Å²) < 4.78 is 6.16. The highest BCUT2D eigenvalue weighted by Crippen LogP contribution is 2.35. The monoisotopic (exact) mass is 506 g/mol. The number of aromatic nitrogens is 2. The first-order valence-corrected chi connectivity index (χ1v) is 14.0. The van der Waals surface area contributed by atoms with Gasteiger partial charge in [-0.2, -0.15) is 0 Å². The van der Waals surface area contributed by atoms with Crippen molar-refractivity contribution in [3.8, 4) is 16.9 Å². The molecule has 2 unspecified atom stereocenters. The largest absolute Gasteiger partial charge is 0.491 e. The summed E-state index contributed by atoms with van der Waals surface area (Å²) in [5.74, 6) is 3.38. The van der Waals surface area contributed by atoms with Gasteiger partial charge in [-0.1, -0.05) is 50.3 Å². The standard InChI is InChI=1S/C33H38N4O/c1-4-25-20-37(30-8-6-5-7-9-30)21-28(25)11-10-23(2)36-16-17-38-33-15-13-26(18-29(33)22-36)27-12-14-31-32(19-27)35-24(3)34-31/h5-9,12-15,18-19,25,28H,2,4,10-11,16-17,20-22H2,1,3H3,(H,34,35). The SMILES string of the molecule is C=C(CCC1CN(c2ccccc2)CC1CC)N1CCOc2ccc(-c3ccc4nc(C)[nH]c4c3)cc2C1. The van der Waals surface area contributed by atoms with Gasteiger partial charge in [0.05, 0.1) is 17.6 Å². The molecule has 2 aliphatic heterocycles. The summed E-state index contributed by atoms with van der Waals surface area (Å²) in [6.45, 7) is 13.6. The Balaban J connectivity index is 1.13. The number of aromatic amines is 1. The van der Waals surface area contributed by atoms with E-state index in [0.29, 0.717) is 12.5 Å². The Morgan fingerprint density at radius 2 is 1.82 bits per heavy atom. The summed E-state index contributed by atoms with van der Waals surface area (Å²) >= 11 is 0. The number of nitrogens with zero attached hydrogens (tertiary/aromatic N) is 3. The van der Waals surface area contributed by atoms with Gasteiger partial charge in [0.25, 0.3) is 0 Å². The number of hydrogen-bond donors (Lipinski definition) is 1. The summed E-state index contributed by atoms with van der Waals surface area (Å²) in [6, 6.07) is 23.9. The fourth-order valence-corrected chi connectivity index (χ4v) is 6.25. The zero-order valence-corrected chi connectivity index (χ0v) is 22.6. The minimum atomic E-state index is 0.688. The molecule has 0 radical (unpaired) electrons. The maximum Gasteiger partial charge on any atom is 0.124 e. The molecule has 3 aromatic carbocycles. The number of benzene rings is 3. The first-order valence-electron chi connectivity index (χ1n) is 14.0. The Bertz CT molecular complexity index is 1430. The summed E-state index contributed by atoms with van der Waals surface area (Å²) in [7, 11) is 0. The van der Waals surface area contributed by atoms with Crippen molar-refractivity contribution in [3.63, 3.8) is 0 Å². The summed E-state index contributed by atoms with van der Waals surface area (Å²) in [6.07, 6.45) is 3.46. The van der Waals surface area contributed by atoms with E-state index in [-0.39, 0.29) is 0 Å². The molecule has 1 fully saturated rings. The molecule has 5 nitrogen and oxygen atoms in total. The quantitative estimate of drug-likeness (QED) is 0.288. The molecular weight excluding hydrogens is 468 g/mol. The van der Waals surface area contributed by atoms with Crippen LogP contribution in [0.15, 0.2) is 79.0 Å². The van der Waals surface area contributed by atoms with Crippen LogP contribution in [0.3, 0.4) is 0 Å². The lowest BCUT2D eigenvalue weighted by Gasteiger charge is -2.26. The van der Waals surface area contributed by atoms with E-state index in [9.17, 15) is 0 Å². The second-order valence-electron chi connectivity index (χ2n) is 10.9. The number of rotatable bonds is 7. The molecule has 38 heavy (non-hydrogen) atoms. The molecule has 1 saturated heterocycles. The van der Waals surface area contributed by atoms with E-state index >= 15 is 0 Å². The Morgan fingerprint density at radius 1 is 1.03 bits per heavy atom. The van der Waals surface area contributed by atoms with Gasteiger partial charge >= 0.3 is 0 Å². The number of anilines is 1. The predicted molar refractivity (Wildman–Crippen MR) is 156 cm³/mol. The van der Waals surface area contributed by atoms with Crippen molar-refractivity contribution in [2.45, 2.75) is 39.7 Å². The van der Waals surface area contributed by atoms with Crippen LogP contribution in [-0.4, -0.2) is 41.1 Å². The number of H-pyrrole nitrogens is 1. The fraction of sp³-hybridized carbons (Fsp3) is 0.364. The molecule has 6 rings (SSSR count). The number of fused-ring (bicyclic) bond motifs is 2. The topological polar surface area (TPSA) is 44.4 Å². The Hall–Kier alpha value is -3.73. The van der Waals surface area contributed by atoms with Crippen LogP contribution in [0.5, 0.6) is 5.75 Å². The van der Waals surface area contributed by atoms with E-state index < -0.39 is 0 Å². The van der Waals surface area contributed by atoms with E-state index in [1.165, 1.54) is 40.9 Å². The number of hydrogen-bond acceptors (Lipinski definition) is 4. The van der Waals surface area contributed by atoms with Gasteiger partial charge in [0.1, 0.15) is 18.2 Å². The molecule has 5 heteroatoms. The van der Waals surface area contributed by atoms with Gasteiger partial charge < -0.3 is 19.5 Å². The summed E-state index contributed by atoms with van der Waals surface area (Å²) in [5, 5.41) is 0. The van der Waals surface area contributed by atoms with E-state index in [2.05, 4.69) is 100 Å². The molecule has 0 aliphatic carbocycles. The Kier molecular flexibility index (Phi) is 6.84. The first-order chi connectivity index (χ1) is 18.6. The maximum atomic E-state index is 6.16. The van der Waals surface area contributed by atoms with Crippen molar-refractivity contribution in [3.05, 3.63) is 90.4 Å². The van der Waals surface area contributed by atoms with Gasteiger partial charge in [0.2, 0.25) is 0 Å². The zero-order chi connectivity index (χ0) is 26.1. The first kappa shape index (κ1) is 24.6. The van der Waals surface area contributed by atoms with Gasteiger partial charge in [-0.15, -0.1) is 0 Å². The highest BCUT2D eigenvalue weighted by molar-refractivity contribution is 5.82. The molecule has 3 heterocycles.